The minimum atomic E-state index is -0.918. The smallest absolute Gasteiger partial charge is 0.267 e. The maximum atomic E-state index is 12.9. The van der Waals surface area contributed by atoms with Crippen molar-refractivity contribution in [1.29, 1.82) is 0 Å². The molecule has 0 radical (unpaired) electrons. The summed E-state index contributed by atoms with van der Waals surface area (Å²) < 4.78 is 16.7. The number of amides is 1. The molecule has 7 nitrogen and oxygen atoms in total. The molecule has 1 unspecified atom stereocenters. The summed E-state index contributed by atoms with van der Waals surface area (Å²) >= 11 is 0. The predicted octanol–water partition coefficient (Wildman–Crippen LogP) is 0.433. The summed E-state index contributed by atoms with van der Waals surface area (Å²) in [5.41, 5.74) is 0. The minimum Gasteiger partial charge on any atom is -0.485 e. The summed E-state index contributed by atoms with van der Waals surface area (Å²) in [6.07, 6.45) is -1.75. The highest BCUT2D eigenvalue weighted by molar-refractivity contribution is 5.82. The molecular weight excluding hydrogens is 326 g/mol. The van der Waals surface area contributed by atoms with E-state index in [1.165, 1.54) is 0 Å². The molecule has 0 aliphatic carbocycles. The molecule has 1 aromatic carbocycles. The molecule has 7 heteroatoms. The van der Waals surface area contributed by atoms with Gasteiger partial charge < -0.3 is 29.3 Å². The Morgan fingerprint density at radius 2 is 1.96 bits per heavy atom. The van der Waals surface area contributed by atoms with Crippen molar-refractivity contribution >= 4 is 5.91 Å². The maximum absolute atomic E-state index is 12.9. The van der Waals surface area contributed by atoms with E-state index in [0.717, 1.165) is 6.42 Å². The normalized spacial score (nSPS) is 28.4. The molecule has 2 aliphatic heterocycles. The summed E-state index contributed by atoms with van der Waals surface area (Å²) in [4.78, 5) is 14.6. The minimum absolute atomic E-state index is 0.121. The maximum Gasteiger partial charge on any atom is 0.267 e. The number of benzene rings is 1. The van der Waals surface area contributed by atoms with Gasteiger partial charge in [0.25, 0.3) is 5.91 Å². The third-order valence-corrected chi connectivity index (χ3v) is 4.54. The van der Waals surface area contributed by atoms with Gasteiger partial charge >= 0.3 is 0 Å². The number of rotatable bonds is 5. The molecule has 138 valence electrons. The first-order chi connectivity index (χ1) is 12.1. The van der Waals surface area contributed by atoms with Gasteiger partial charge in [-0.15, -0.1) is 0 Å². The number of ether oxygens (including phenoxy) is 3. The number of carbonyl (C=O) groups excluding carboxylic acids is 1. The van der Waals surface area contributed by atoms with Gasteiger partial charge in [-0.3, -0.25) is 4.79 Å². The van der Waals surface area contributed by atoms with E-state index < -0.39 is 18.3 Å². The van der Waals surface area contributed by atoms with Crippen LogP contribution in [-0.4, -0.2) is 72.2 Å². The Morgan fingerprint density at radius 3 is 2.72 bits per heavy atom. The lowest BCUT2D eigenvalue weighted by molar-refractivity contribution is -0.149. The quantitative estimate of drug-likeness (QED) is 0.800. The van der Waals surface area contributed by atoms with E-state index in [2.05, 4.69) is 0 Å². The van der Waals surface area contributed by atoms with E-state index in [1.54, 1.807) is 17.0 Å². The standard InChI is InChI=1S/C18H25NO6/c1-2-7-19(8-12-9-23-10-13(20)17(12)21)18(22)16-11-24-14-5-3-4-6-15(14)25-16/h3-6,12-13,16-17,20-21H,2,7-11H2,1H3/t12-,13-,16?,17+/m1/s1. The second kappa shape index (κ2) is 8.03. The zero-order valence-corrected chi connectivity index (χ0v) is 14.3. The van der Waals surface area contributed by atoms with Gasteiger partial charge in [0.1, 0.15) is 12.7 Å². The van der Waals surface area contributed by atoms with Crippen LogP contribution < -0.4 is 9.47 Å². The summed E-state index contributed by atoms with van der Waals surface area (Å²) in [5.74, 6) is 0.687. The second-order valence-electron chi connectivity index (χ2n) is 6.50. The molecule has 2 aliphatic rings. The molecular formula is C18H25NO6. The van der Waals surface area contributed by atoms with Gasteiger partial charge in [-0.25, -0.2) is 0 Å². The van der Waals surface area contributed by atoms with Gasteiger partial charge in [0.15, 0.2) is 11.5 Å². The van der Waals surface area contributed by atoms with E-state index in [4.69, 9.17) is 14.2 Å². The van der Waals surface area contributed by atoms with Crippen LogP contribution in [0.1, 0.15) is 13.3 Å². The first kappa shape index (κ1) is 18.0. The monoisotopic (exact) mass is 351 g/mol. The Balaban J connectivity index is 1.67. The number of nitrogens with zero attached hydrogens (tertiary/aromatic N) is 1. The average molecular weight is 351 g/mol. The molecule has 4 atom stereocenters. The molecule has 1 fully saturated rings. The topological polar surface area (TPSA) is 88.5 Å². The Kier molecular flexibility index (Phi) is 5.78. The van der Waals surface area contributed by atoms with Gasteiger partial charge in [-0.05, 0) is 18.6 Å². The number of hydrogen-bond donors (Lipinski definition) is 2. The fourth-order valence-electron chi connectivity index (χ4n) is 3.20. The van der Waals surface area contributed by atoms with Crippen LogP contribution in [0, 0.1) is 5.92 Å². The lowest BCUT2D eigenvalue weighted by Gasteiger charge is -2.37. The Morgan fingerprint density at radius 1 is 1.20 bits per heavy atom. The van der Waals surface area contributed by atoms with Crippen molar-refractivity contribution in [3.05, 3.63) is 24.3 Å². The van der Waals surface area contributed by atoms with E-state index in [-0.39, 0.29) is 25.0 Å². The molecule has 0 aromatic heterocycles. The van der Waals surface area contributed by atoms with Crippen LogP contribution in [0.25, 0.3) is 0 Å². The van der Waals surface area contributed by atoms with Crippen LogP contribution in [0.2, 0.25) is 0 Å². The third kappa shape index (κ3) is 4.05. The largest absolute Gasteiger partial charge is 0.485 e. The van der Waals surface area contributed by atoms with Crippen molar-refractivity contribution in [2.45, 2.75) is 31.7 Å². The summed E-state index contributed by atoms with van der Waals surface area (Å²) in [6.45, 7) is 3.43. The van der Waals surface area contributed by atoms with Gasteiger partial charge in [-0.2, -0.15) is 0 Å². The van der Waals surface area contributed by atoms with Crippen molar-refractivity contribution < 1.29 is 29.2 Å². The molecule has 0 saturated carbocycles. The number of para-hydroxylation sites is 2. The van der Waals surface area contributed by atoms with Crippen molar-refractivity contribution in [1.82, 2.24) is 4.90 Å². The van der Waals surface area contributed by atoms with Crippen LogP contribution >= 0.6 is 0 Å². The predicted molar refractivity (Wildman–Crippen MR) is 89.5 cm³/mol. The first-order valence-corrected chi connectivity index (χ1v) is 8.71. The van der Waals surface area contributed by atoms with Crippen LogP contribution in [-0.2, 0) is 9.53 Å². The summed E-state index contributed by atoms with van der Waals surface area (Å²) in [5, 5.41) is 19.9. The first-order valence-electron chi connectivity index (χ1n) is 8.71. The zero-order valence-electron chi connectivity index (χ0n) is 14.3. The number of carbonyl (C=O) groups is 1. The number of aliphatic hydroxyl groups is 2. The molecule has 0 bridgehead atoms. The van der Waals surface area contributed by atoms with E-state index in [0.29, 0.717) is 31.2 Å². The van der Waals surface area contributed by atoms with Crippen LogP contribution in [0.15, 0.2) is 24.3 Å². The number of fused-ring (bicyclic) bond motifs is 1. The Hall–Kier alpha value is -1.83. The van der Waals surface area contributed by atoms with Crippen molar-refractivity contribution in [2.75, 3.05) is 32.9 Å². The van der Waals surface area contributed by atoms with Gasteiger partial charge in [-0.1, -0.05) is 19.1 Å². The molecule has 25 heavy (non-hydrogen) atoms. The SMILES string of the molecule is CCCN(C[C@@H]1COC[C@@H](O)[C@H]1O)C(=O)C1COc2ccccc2O1. The molecule has 0 spiro atoms. The van der Waals surface area contributed by atoms with Gasteiger partial charge in [0.2, 0.25) is 6.10 Å². The molecule has 1 amide bonds. The highest BCUT2D eigenvalue weighted by Gasteiger charge is 2.36. The van der Waals surface area contributed by atoms with Crippen molar-refractivity contribution in [3.63, 3.8) is 0 Å². The van der Waals surface area contributed by atoms with E-state index >= 15 is 0 Å². The molecule has 1 aromatic rings. The Bertz CT molecular complexity index is 595. The lowest BCUT2D eigenvalue weighted by Crippen LogP contribution is -2.53. The fraction of sp³-hybridized carbons (Fsp3) is 0.611. The molecule has 1 saturated heterocycles. The average Bonchev–Trinajstić information content (AvgIpc) is 2.64. The molecule has 3 rings (SSSR count). The summed E-state index contributed by atoms with van der Waals surface area (Å²) in [6, 6.07) is 7.25. The second-order valence-corrected chi connectivity index (χ2v) is 6.50. The number of aliphatic hydroxyl groups excluding tert-OH is 2. The highest BCUT2D eigenvalue weighted by Crippen LogP contribution is 2.31. The fourth-order valence-corrected chi connectivity index (χ4v) is 3.20. The van der Waals surface area contributed by atoms with Crippen molar-refractivity contribution in [3.8, 4) is 11.5 Å². The lowest BCUT2D eigenvalue weighted by atomic mass is 9.95. The Labute approximate surface area is 147 Å². The molecule has 2 heterocycles. The van der Waals surface area contributed by atoms with Crippen LogP contribution in [0.4, 0.5) is 0 Å². The highest BCUT2D eigenvalue weighted by atomic mass is 16.6. The van der Waals surface area contributed by atoms with E-state index in [9.17, 15) is 15.0 Å². The zero-order chi connectivity index (χ0) is 17.8. The number of hydrogen-bond acceptors (Lipinski definition) is 6. The molecule has 2 N–H and O–H groups in total. The van der Waals surface area contributed by atoms with Gasteiger partial charge in [0, 0.05) is 19.0 Å². The summed E-state index contributed by atoms with van der Waals surface area (Å²) in [7, 11) is 0. The van der Waals surface area contributed by atoms with E-state index in [1.807, 2.05) is 19.1 Å². The van der Waals surface area contributed by atoms with Crippen molar-refractivity contribution in [2.24, 2.45) is 5.92 Å². The van der Waals surface area contributed by atoms with Gasteiger partial charge in [0.05, 0.1) is 19.3 Å². The van der Waals surface area contributed by atoms with Crippen LogP contribution in [0.3, 0.4) is 0 Å². The van der Waals surface area contributed by atoms with Crippen LogP contribution in [0.5, 0.6) is 11.5 Å². The third-order valence-electron chi connectivity index (χ3n) is 4.54.